The quantitative estimate of drug-likeness (QED) is 0.581. The first kappa shape index (κ1) is 25.6. The number of ether oxygens (including phenoxy) is 3. The monoisotopic (exact) mass is 518 g/mol. The first-order valence-corrected chi connectivity index (χ1v) is 12.6. The van der Waals surface area contributed by atoms with Gasteiger partial charge in [0.15, 0.2) is 0 Å². The van der Waals surface area contributed by atoms with Gasteiger partial charge in [0.2, 0.25) is 5.88 Å². The smallest absolute Gasteiger partial charge is 0.322 e. The summed E-state index contributed by atoms with van der Waals surface area (Å²) in [6.45, 7) is 5.34. The van der Waals surface area contributed by atoms with Gasteiger partial charge in [-0.2, -0.15) is 4.98 Å². The molecule has 1 aromatic heterocycles. The van der Waals surface area contributed by atoms with E-state index >= 15 is 0 Å². The van der Waals surface area contributed by atoms with E-state index in [1.807, 2.05) is 37.3 Å². The van der Waals surface area contributed by atoms with Crippen molar-refractivity contribution in [3.8, 4) is 17.0 Å². The molecule has 1 saturated carbocycles. The Morgan fingerprint density at radius 3 is 2.73 bits per heavy atom. The molecule has 0 spiro atoms. The van der Waals surface area contributed by atoms with Crippen molar-refractivity contribution in [2.45, 2.75) is 25.4 Å². The number of anilines is 2. The van der Waals surface area contributed by atoms with Crippen LogP contribution in [0.3, 0.4) is 0 Å². The van der Waals surface area contributed by atoms with Crippen LogP contribution in [0.25, 0.3) is 11.1 Å². The van der Waals surface area contributed by atoms with E-state index in [0.29, 0.717) is 44.4 Å². The second kappa shape index (κ2) is 10.8. The molecule has 0 bridgehead atoms. The third kappa shape index (κ3) is 5.94. The molecule has 1 aliphatic carbocycles. The number of benzene rings is 1. The Hall–Kier alpha value is -3.02. The molecular formula is C26H32F2N4O5. The Labute approximate surface area is 214 Å². The Balaban J connectivity index is 1.35. The number of pyridine rings is 1. The zero-order valence-corrected chi connectivity index (χ0v) is 20.8. The Kier molecular flexibility index (Phi) is 7.45. The van der Waals surface area contributed by atoms with Gasteiger partial charge in [-0.3, -0.25) is 0 Å². The summed E-state index contributed by atoms with van der Waals surface area (Å²) in [5, 5.41) is 12.1. The number of aromatic nitrogens is 1. The number of aliphatic hydroxyl groups is 1. The minimum Gasteiger partial charge on any atom is -0.475 e. The van der Waals surface area contributed by atoms with Crippen molar-refractivity contribution < 1.29 is 32.9 Å². The highest BCUT2D eigenvalue weighted by Crippen LogP contribution is 2.52. The highest BCUT2D eigenvalue weighted by molar-refractivity contribution is 5.90. The summed E-state index contributed by atoms with van der Waals surface area (Å²) in [7, 11) is 0. The first-order valence-electron chi connectivity index (χ1n) is 12.6. The van der Waals surface area contributed by atoms with E-state index in [1.54, 1.807) is 0 Å². The van der Waals surface area contributed by atoms with Crippen molar-refractivity contribution in [2.75, 3.05) is 69.4 Å². The molecule has 0 radical (unpaired) electrons. The zero-order chi connectivity index (χ0) is 26.0. The van der Waals surface area contributed by atoms with Crippen molar-refractivity contribution in [3.05, 3.63) is 35.9 Å². The minimum absolute atomic E-state index is 0.125. The number of morpholine rings is 2. The summed E-state index contributed by atoms with van der Waals surface area (Å²) in [5.41, 5.74) is 3.34. The Morgan fingerprint density at radius 1 is 1.22 bits per heavy atom. The Morgan fingerprint density at radius 2 is 2.00 bits per heavy atom. The van der Waals surface area contributed by atoms with Crippen LogP contribution in [-0.4, -0.2) is 92.3 Å². The van der Waals surface area contributed by atoms with Crippen molar-refractivity contribution in [3.63, 3.8) is 0 Å². The van der Waals surface area contributed by atoms with Crippen LogP contribution in [0.4, 0.5) is 25.1 Å². The summed E-state index contributed by atoms with van der Waals surface area (Å²) in [4.78, 5) is 21.3. The van der Waals surface area contributed by atoms with E-state index in [-0.39, 0.29) is 38.8 Å². The second-order valence-corrected chi connectivity index (χ2v) is 9.61. The minimum atomic E-state index is -2.69. The highest BCUT2D eigenvalue weighted by atomic mass is 19.3. The molecular weight excluding hydrogens is 486 g/mol. The normalized spacial score (nSPS) is 23.0. The van der Waals surface area contributed by atoms with Crippen LogP contribution in [0.1, 0.15) is 12.0 Å². The van der Waals surface area contributed by atoms with Gasteiger partial charge in [-0.15, -0.1) is 0 Å². The lowest BCUT2D eigenvalue weighted by Gasteiger charge is -2.33. The molecule has 9 nitrogen and oxygen atoms in total. The van der Waals surface area contributed by atoms with Gasteiger partial charge >= 0.3 is 6.03 Å². The number of nitrogens with zero attached hydrogens (tertiary/aromatic N) is 3. The molecule has 11 heteroatoms. The van der Waals surface area contributed by atoms with Crippen LogP contribution in [0.15, 0.2) is 30.3 Å². The van der Waals surface area contributed by atoms with Crippen molar-refractivity contribution in [1.82, 2.24) is 9.88 Å². The number of nitrogens with one attached hydrogen (secondary N) is 1. The van der Waals surface area contributed by atoms with Gasteiger partial charge < -0.3 is 34.4 Å². The number of alkyl halides is 2. The van der Waals surface area contributed by atoms with Crippen LogP contribution >= 0.6 is 0 Å². The maximum Gasteiger partial charge on any atom is 0.322 e. The molecule has 2 N–H and O–H groups in total. The van der Waals surface area contributed by atoms with Gasteiger partial charge in [-0.1, -0.05) is 6.07 Å². The largest absolute Gasteiger partial charge is 0.475 e. The molecule has 2 amide bonds. The first-order chi connectivity index (χ1) is 17.8. The zero-order valence-electron chi connectivity index (χ0n) is 20.8. The van der Waals surface area contributed by atoms with Gasteiger partial charge in [0.05, 0.1) is 38.4 Å². The molecule has 3 heterocycles. The summed E-state index contributed by atoms with van der Waals surface area (Å²) in [6.07, 6.45) is -0.826. The molecule has 2 saturated heterocycles. The van der Waals surface area contributed by atoms with Crippen molar-refractivity contribution in [1.29, 1.82) is 0 Å². The van der Waals surface area contributed by atoms with Crippen molar-refractivity contribution >= 4 is 17.5 Å². The van der Waals surface area contributed by atoms with Crippen LogP contribution in [0.2, 0.25) is 0 Å². The third-order valence-corrected chi connectivity index (χ3v) is 6.97. The number of hydrogen-bond donors (Lipinski definition) is 2. The van der Waals surface area contributed by atoms with Crippen LogP contribution in [0.5, 0.6) is 5.88 Å². The lowest BCUT2D eigenvalue weighted by Crippen LogP contribution is -2.48. The number of carbonyl (C=O) groups excluding carboxylic acids is 1. The molecule has 2 aliphatic heterocycles. The number of halogens is 2. The number of rotatable bonds is 7. The lowest BCUT2D eigenvalue weighted by molar-refractivity contribution is -0.0469. The van der Waals surface area contributed by atoms with Gasteiger partial charge in [0, 0.05) is 44.4 Å². The van der Waals surface area contributed by atoms with E-state index in [9.17, 15) is 18.7 Å². The molecule has 200 valence electrons. The standard InChI is InChI=1S/C26H32F2N4O5/c1-17-2-3-19(29-25(34)32-6-10-36-22(16-32)21-15-26(21,27)28)14-20(17)18-12-23(31-4-8-35-9-5-31)30-24(13-18)37-11-7-33/h2-3,12-14,21-22,33H,4-11,15-16H2,1H3,(H,29,34)/t21?,22-/m0/s1. The van der Waals surface area contributed by atoms with Crippen LogP contribution < -0.4 is 15.0 Å². The Bertz CT molecular complexity index is 1130. The maximum atomic E-state index is 13.5. The average Bonchev–Trinajstić information content (AvgIpc) is 3.56. The SMILES string of the molecule is Cc1ccc(NC(=O)N2CCO[C@H](C3CC3(F)F)C2)cc1-c1cc(OCCO)nc(N2CCOCC2)c1. The van der Waals surface area contributed by atoms with Gasteiger partial charge in [0.25, 0.3) is 5.92 Å². The molecule has 5 rings (SSSR count). The van der Waals surface area contributed by atoms with E-state index in [4.69, 9.17) is 14.2 Å². The number of hydrogen-bond acceptors (Lipinski definition) is 7. The number of urea groups is 1. The topological polar surface area (TPSA) is 96.4 Å². The van der Waals surface area contributed by atoms with Gasteiger partial charge in [-0.25, -0.2) is 13.6 Å². The number of aliphatic hydroxyl groups excluding tert-OH is 1. The summed E-state index contributed by atoms with van der Waals surface area (Å²) >= 11 is 0. The van der Waals surface area contributed by atoms with Crippen LogP contribution in [-0.2, 0) is 9.47 Å². The van der Waals surface area contributed by atoms with Crippen LogP contribution in [0, 0.1) is 12.8 Å². The summed E-state index contributed by atoms with van der Waals surface area (Å²) in [6, 6.07) is 9.07. The molecule has 3 fully saturated rings. The highest BCUT2D eigenvalue weighted by Gasteiger charge is 2.61. The lowest BCUT2D eigenvalue weighted by atomic mass is 10.0. The molecule has 2 atom stereocenters. The number of amides is 2. The fraction of sp³-hybridized carbons (Fsp3) is 0.538. The molecule has 2 aromatic rings. The van der Waals surface area contributed by atoms with E-state index in [0.717, 1.165) is 22.5 Å². The predicted octanol–water partition coefficient (Wildman–Crippen LogP) is 3.15. The van der Waals surface area contributed by atoms with Crippen molar-refractivity contribution in [2.24, 2.45) is 5.92 Å². The third-order valence-electron chi connectivity index (χ3n) is 6.97. The molecule has 1 aromatic carbocycles. The molecule has 3 aliphatic rings. The van der Waals surface area contributed by atoms with E-state index in [1.165, 1.54) is 4.90 Å². The number of carbonyl (C=O) groups is 1. The molecule has 37 heavy (non-hydrogen) atoms. The van der Waals surface area contributed by atoms with Gasteiger partial charge in [0.1, 0.15) is 12.4 Å². The fourth-order valence-electron chi connectivity index (χ4n) is 4.78. The predicted molar refractivity (Wildman–Crippen MR) is 133 cm³/mol. The summed E-state index contributed by atoms with van der Waals surface area (Å²) < 4.78 is 43.6. The van der Waals surface area contributed by atoms with Gasteiger partial charge in [-0.05, 0) is 41.8 Å². The maximum absolute atomic E-state index is 13.5. The molecule has 1 unspecified atom stereocenters. The second-order valence-electron chi connectivity index (χ2n) is 9.61. The van der Waals surface area contributed by atoms with E-state index < -0.39 is 17.9 Å². The summed E-state index contributed by atoms with van der Waals surface area (Å²) in [5.74, 6) is -2.36. The fourth-order valence-corrected chi connectivity index (χ4v) is 4.78. The van der Waals surface area contributed by atoms with E-state index in [2.05, 4.69) is 15.2 Å². The number of aryl methyl sites for hydroxylation is 1. The average molecular weight is 519 g/mol.